The van der Waals surface area contributed by atoms with Crippen LogP contribution in [0.25, 0.3) is 0 Å². The highest BCUT2D eigenvalue weighted by molar-refractivity contribution is 4.71. The van der Waals surface area contributed by atoms with Crippen LogP contribution in [0.1, 0.15) is 6.42 Å². The highest BCUT2D eigenvalue weighted by atomic mass is 16.5. The topological polar surface area (TPSA) is 29.5 Å². The molecule has 0 unspecified atom stereocenters. The van der Waals surface area contributed by atoms with Gasteiger partial charge in [0.25, 0.3) is 0 Å². The van der Waals surface area contributed by atoms with Gasteiger partial charge in [-0.3, -0.25) is 0 Å². The Bertz CT molecular complexity index is 71.3. The average Bonchev–Trinajstić information content (AvgIpc) is 1.88. The van der Waals surface area contributed by atoms with Gasteiger partial charge in [0.15, 0.2) is 0 Å². The molecule has 0 fully saturated rings. The lowest BCUT2D eigenvalue weighted by atomic mass is 10.1. The molecule has 0 aliphatic heterocycles. The molecule has 0 aliphatic carbocycles. The highest BCUT2D eigenvalue weighted by Gasteiger charge is 2.02. The van der Waals surface area contributed by atoms with Crippen molar-refractivity contribution in [2.75, 3.05) is 20.3 Å². The number of methoxy groups -OCH3 is 1. The van der Waals surface area contributed by atoms with Gasteiger partial charge < -0.3 is 9.84 Å². The standard InChI is InChI=1S/C7H14O2/c1-3-4-7(5-8)6-9-2/h3,7-8H,1,4-6H2,2H3/t7-/m0/s1. The number of ether oxygens (including phenoxy) is 1. The molecule has 2 nitrogen and oxygen atoms in total. The van der Waals surface area contributed by atoms with Crippen molar-refractivity contribution < 1.29 is 9.84 Å². The van der Waals surface area contributed by atoms with Gasteiger partial charge >= 0.3 is 0 Å². The summed E-state index contributed by atoms with van der Waals surface area (Å²) in [4.78, 5) is 0. The van der Waals surface area contributed by atoms with Crippen molar-refractivity contribution in [1.29, 1.82) is 0 Å². The predicted molar refractivity (Wildman–Crippen MR) is 37.3 cm³/mol. The zero-order valence-electron chi connectivity index (χ0n) is 5.84. The molecule has 0 saturated heterocycles. The Morgan fingerprint density at radius 3 is 2.78 bits per heavy atom. The molecule has 0 aromatic heterocycles. The largest absolute Gasteiger partial charge is 0.396 e. The third-order valence-electron chi connectivity index (χ3n) is 1.16. The fourth-order valence-electron chi connectivity index (χ4n) is 0.667. The quantitative estimate of drug-likeness (QED) is 0.558. The molecule has 0 saturated carbocycles. The third-order valence-corrected chi connectivity index (χ3v) is 1.16. The summed E-state index contributed by atoms with van der Waals surface area (Å²) in [5, 5.41) is 8.66. The van der Waals surface area contributed by atoms with Crippen molar-refractivity contribution >= 4 is 0 Å². The number of rotatable bonds is 5. The molecule has 0 aromatic carbocycles. The predicted octanol–water partition coefficient (Wildman–Crippen LogP) is 0.817. The lowest BCUT2D eigenvalue weighted by molar-refractivity contribution is 0.111. The van der Waals surface area contributed by atoms with E-state index < -0.39 is 0 Å². The van der Waals surface area contributed by atoms with Gasteiger partial charge in [-0.1, -0.05) is 6.08 Å². The number of aliphatic hydroxyl groups is 1. The van der Waals surface area contributed by atoms with Crippen LogP contribution in [0.3, 0.4) is 0 Å². The summed E-state index contributed by atoms with van der Waals surface area (Å²) >= 11 is 0. The van der Waals surface area contributed by atoms with Gasteiger partial charge in [-0.15, -0.1) is 6.58 Å². The van der Waals surface area contributed by atoms with E-state index in [1.165, 1.54) is 0 Å². The number of hydrogen-bond acceptors (Lipinski definition) is 2. The molecule has 0 radical (unpaired) electrons. The van der Waals surface area contributed by atoms with Gasteiger partial charge in [0.05, 0.1) is 6.61 Å². The van der Waals surface area contributed by atoms with Crippen LogP contribution < -0.4 is 0 Å². The van der Waals surface area contributed by atoms with E-state index in [2.05, 4.69) is 6.58 Å². The van der Waals surface area contributed by atoms with Crippen molar-refractivity contribution in [3.8, 4) is 0 Å². The maximum absolute atomic E-state index is 8.66. The Kier molecular flexibility index (Phi) is 5.57. The number of aliphatic hydroxyl groups excluding tert-OH is 1. The minimum absolute atomic E-state index is 0.180. The molecule has 0 bridgehead atoms. The number of hydrogen-bond donors (Lipinski definition) is 1. The fourth-order valence-corrected chi connectivity index (χ4v) is 0.667. The monoisotopic (exact) mass is 130 g/mol. The summed E-state index contributed by atoms with van der Waals surface area (Å²) in [6.07, 6.45) is 2.62. The summed E-state index contributed by atoms with van der Waals surface area (Å²) in [6.45, 7) is 4.36. The summed E-state index contributed by atoms with van der Waals surface area (Å²) in [7, 11) is 1.63. The van der Waals surface area contributed by atoms with Gasteiger partial charge in [-0.25, -0.2) is 0 Å². The molecule has 0 aromatic rings. The van der Waals surface area contributed by atoms with Crippen molar-refractivity contribution in [3.63, 3.8) is 0 Å². The van der Waals surface area contributed by atoms with Crippen LogP contribution in [0.5, 0.6) is 0 Å². The Balaban J connectivity index is 3.28. The first-order valence-electron chi connectivity index (χ1n) is 3.05. The third kappa shape index (κ3) is 4.18. The SMILES string of the molecule is C=CC[C@@H](CO)COC. The van der Waals surface area contributed by atoms with E-state index in [9.17, 15) is 0 Å². The van der Waals surface area contributed by atoms with Crippen LogP contribution >= 0.6 is 0 Å². The van der Waals surface area contributed by atoms with Crippen LogP contribution in [-0.2, 0) is 4.74 Å². The lowest BCUT2D eigenvalue weighted by Gasteiger charge is -2.08. The molecule has 2 heteroatoms. The van der Waals surface area contributed by atoms with Crippen LogP contribution in [-0.4, -0.2) is 25.4 Å². The van der Waals surface area contributed by atoms with Crippen LogP contribution in [0.4, 0.5) is 0 Å². The van der Waals surface area contributed by atoms with E-state index in [0.717, 1.165) is 6.42 Å². The van der Waals surface area contributed by atoms with Crippen molar-refractivity contribution in [2.45, 2.75) is 6.42 Å². The molecule has 1 N–H and O–H groups in total. The molecule has 1 atom stereocenters. The molecule has 0 aliphatic rings. The van der Waals surface area contributed by atoms with Crippen LogP contribution in [0.15, 0.2) is 12.7 Å². The minimum atomic E-state index is 0.180. The van der Waals surface area contributed by atoms with Crippen molar-refractivity contribution in [3.05, 3.63) is 12.7 Å². The molecule has 0 heterocycles. The Morgan fingerprint density at radius 1 is 1.78 bits per heavy atom. The second-order valence-corrected chi connectivity index (χ2v) is 2.03. The summed E-state index contributed by atoms with van der Waals surface area (Å²) in [5.74, 6) is 0.229. The van der Waals surface area contributed by atoms with Gasteiger partial charge in [-0.2, -0.15) is 0 Å². The van der Waals surface area contributed by atoms with E-state index >= 15 is 0 Å². The highest BCUT2D eigenvalue weighted by Crippen LogP contribution is 2.01. The molecule has 0 rings (SSSR count). The molecule has 0 amide bonds. The molecule has 9 heavy (non-hydrogen) atoms. The van der Waals surface area contributed by atoms with Crippen LogP contribution in [0.2, 0.25) is 0 Å². The molecule has 0 spiro atoms. The van der Waals surface area contributed by atoms with Crippen molar-refractivity contribution in [1.82, 2.24) is 0 Å². The first-order chi connectivity index (χ1) is 4.35. The normalized spacial score (nSPS) is 13.1. The summed E-state index contributed by atoms with van der Waals surface area (Å²) in [6, 6.07) is 0. The molecule has 54 valence electrons. The first kappa shape index (κ1) is 8.66. The smallest absolute Gasteiger partial charge is 0.0515 e. The summed E-state index contributed by atoms with van der Waals surface area (Å²) in [5.41, 5.74) is 0. The second-order valence-electron chi connectivity index (χ2n) is 2.03. The van der Waals surface area contributed by atoms with Crippen molar-refractivity contribution in [2.24, 2.45) is 5.92 Å². The van der Waals surface area contributed by atoms with Crippen LogP contribution in [0, 0.1) is 5.92 Å². The number of allylic oxidation sites excluding steroid dienone is 1. The van der Waals surface area contributed by atoms with Gasteiger partial charge in [0.1, 0.15) is 0 Å². The van der Waals surface area contributed by atoms with Gasteiger partial charge in [-0.05, 0) is 6.42 Å². The maximum atomic E-state index is 8.66. The molecular formula is C7H14O2. The zero-order chi connectivity index (χ0) is 7.11. The molecular weight excluding hydrogens is 116 g/mol. The fraction of sp³-hybridized carbons (Fsp3) is 0.714. The Hall–Kier alpha value is -0.340. The summed E-state index contributed by atoms with van der Waals surface area (Å²) < 4.78 is 4.84. The van der Waals surface area contributed by atoms with E-state index in [-0.39, 0.29) is 12.5 Å². The van der Waals surface area contributed by atoms with E-state index in [1.807, 2.05) is 0 Å². The van der Waals surface area contributed by atoms with Gasteiger partial charge in [0, 0.05) is 19.6 Å². The zero-order valence-corrected chi connectivity index (χ0v) is 5.84. The van der Waals surface area contributed by atoms with E-state index in [0.29, 0.717) is 6.61 Å². The second kappa shape index (κ2) is 5.79. The first-order valence-corrected chi connectivity index (χ1v) is 3.05. The maximum Gasteiger partial charge on any atom is 0.0515 e. The Morgan fingerprint density at radius 2 is 2.44 bits per heavy atom. The van der Waals surface area contributed by atoms with E-state index in [1.54, 1.807) is 13.2 Å². The average molecular weight is 130 g/mol. The van der Waals surface area contributed by atoms with Gasteiger partial charge in [0.2, 0.25) is 0 Å². The van der Waals surface area contributed by atoms with E-state index in [4.69, 9.17) is 9.84 Å². The Labute approximate surface area is 56.1 Å². The minimum Gasteiger partial charge on any atom is -0.396 e. The lowest BCUT2D eigenvalue weighted by Crippen LogP contribution is -2.11.